The zero-order valence-corrected chi connectivity index (χ0v) is 18.9. The molecule has 0 radical (unpaired) electrons. The molecule has 1 aliphatic heterocycles. The average Bonchev–Trinajstić information content (AvgIpc) is 3.43. The largest absolute Gasteiger partial charge is 0.493 e. The van der Waals surface area contributed by atoms with Crippen molar-refractivity contribution in [1.82, 2.24) is 5.32 Å². The standard InChI is InChI=1S/C24H29N3O3S/c1-29-20-11-10-17(15-21(20)30-2)24(12-3-4-13-24)26-23(31)25-18-7-5-8-19(16-18)27-14-6-9-22(27)28/h5,7-8,10-11,15-16H,3-4,6,9,12-14H2,1-2H3,(H2,25,26,31). The van der Waals surface area contributed by atoms with Crippen LogP contribution in [0.15, 0.2) is 42.5 Å². The monoisotopic (exact) mass is 439 g/mol. The highest BCUT2D eigenvalue weighted by Gasteiger charge is 2.37. The number of nitrogens with one attached hydrogen (secondary N) is 2. The van der Waals surface area contributed by atoms with Crippen molar-refractivity contribution in [3.05, 3.63) is 48.0 Å². The molecule has 1 saturated heterocycles. The lowest BCUT2D eigenvalue weighted by Gasteiger charge is -2.33. The smallest absolute Gasteiger partial charge is 0.227 e. The second kappa shape index (κ2) is 9.14. The Balaban J connectivity index is 1.52. The topological polar surface area (TPSA) is 62.8 Å². The summed E-state index contributed by atoms with van der Waals surface area (Å²) in [7, 11) is 3.30. The predicted molar refractivity (Wildman–Crippen MR) is 127 cm³/mol. The van der Waals surface area contributed by atoms with Crippen LogP contribution in [0.4, 0.5) is 11.4 Å². The van der Waals surface area contributed by atoms with Crippen LogP contribution in [0, 0.1) is 0 Å². The van der Waals surface area contributed by atoms with Crippen molar-refractivity contribution in [2.45, 2.75) is 44.1 Å². The molecule has 4 rings (SSSR count). The Bertz CT molecular complexity index is 972. The molecule has 2 fully saturated rings. The maximum atomic E-state index is 12.1. The van der Waals surface area contributed by atoms with E-state index in [4.69, 9.17) is 21.7 Å². The summed E-state index contributed by atoms with van der Waals surface area (Å²) in [4.78, 5) is 13.9. The van der Waals surface area contributed by atoms with E-state index in [0.717, 1.165) is 61.3 Å². The number of benzene rings is 2. The highest BCUT2D eigenvalue weighted by atomic mass is 32.1. The van der Waals surface area contributed by atoms with Gasteiger partial charge >= 0.3 is 0 Å². The van der Waals surface area contributed by atoms with Crippen molar-refractivity contribution in [2.24, 2.45) is 0 Å². The van der Waals surface area contributed by atoms with Gasteiger partial charge in [0.15, 0.2) is 16.6 Å². The average molecular weight is 440 g/mol. The van der Waals surface area contributed by atoms with Gasteiger partial charge in [-0.15, -0.1) is 0 Å². The lowest BCUT2D eigenvalue weighted by molar-refractivity contribution is -0.117. The van der Waals surface area contributed by atoms with Crippen molar-refractivity contribution in [3.63, 3.8) is 0 Å². The van der Waals surface area contributed by atoms with Gasteiger partial charge in [0.2, 0.25) is 5.91 Å². The number of thiocarbonyl (C=S) groups is 1. The number of ether oxygens (including phenoxy) is 2. The van der Waals surface area contributed by atoms with Crippen LogP contribution in [-0.4, -0.2) is 31.8 Å². The fraction of sp³-hybridized carbons (Fsp3) is 0.417. The lowest BCUT2D eigenvalue weighted by Crippen LogP contribution is -2.45. The number of amides is 1. The lowest BCUT2D eigenvalue weighted by atomic mass is 9.88. The van der Waals surface area contributed by atoms with Crippen LogP contribution in [0.1, 0.15) is 44.1 Å². The Morgan fingerprint density at radius 2 is 1.81 bits per heavy atom. The summed E-state index contributed by atoms with van der Waals surface area (Å²) in [6.45, 7) is 0.771. The Hall–Kier alpha value is -2.80. The van der Waals surface area contributed by atoms with Crippen LogP contribution < -0.4 is 25.0 Å². The molecular weight excluding hydrogens is 410 g/mol. The Morgan fingerprint density at radius 3 is 2.48 bits per heavy atom. The number of nitrogens with zero attached hydrogens (tertiary/aromatic N) is 1. The summed E-state index contributed by atoms with van der Waals surface area (Å²) in [5.74, 6) is 1.61. The van der Waals surface area contributed by atoms with Crippen LogP contribution in [0.5, 0.6) is 11.5 Å². The zero-order chi connectivity index (χ0) is 21.8. The van der Waals surface area contributed by atoms with E-state index < -0.39 is 0 Å². The first kappa shape index (κ1) is 21.4. The van der Waals surface area contributed by atoms with Crippen molar-refractivity contribution < 1.29 is 14.3 Å². The highest BCUT2D eigenvalue weighted by Crippen LogP contribution is 2.42. The van der Waals surface area contributed by atoms with Gasteiger partial charge in [0.1, 0.15) is 0 Å². The number of rotatable bonds is 6. The van der Waals surface area contributed by atoms with Crippen LogP contribution in [-0.2, 0) is 10.3 Å². The van der Waals surface area contributed by atoms with Crippen LogP contribution in [0.25, 0.3) is 0 Å². The molecule has 2 N–H and O–H groups in total. The van der Waals surface area contributed by atoms with E-state index in [-0.39, 0.29) is 11.4 Å². The van der Waals surface area contributed by atoms with Gasteiger partial charge in [-0.2, -0.15) is 0 Å². The van der Waals surface area contributed by atoms with Gasteiger partial charge in [-0.25, -0.2) is 0 Å². The van der Waals surface area contributed by atoms with Gasteiger partial charge in [-0.3, -0.25) is 4.79 Å². The number of anilines is 2. The molecule has 0 atom stereocenters. The second-order valence-electron chi connectivity index (χ2n) is 8.14. The summed E-state index contributed by atoms with van der Waals surface area (Å²) < 4.78 is 10.9. The van der Waals surface area contributed by atoms with E-state index in [2.05, 4.69) is 16.7 Å². The third-order valence-electron chi connectivity index (χ3n) is 6.24. The second-order valence-corrected chi connectivity index (χ2v) is 8.55. The van der Waals surface area contributed by atoms with Crippen molar-refractivity contribution >= 4 is 34.6 Å². The molecule has 2 aromatic carbocycles. The SMILES string of the molecule is COc1ccc(C2(NC(=S)Nc3cccc(N4CCCC4=O)c3)CCCC2)cc1OC. The van der Waals surface area contributed by atoms with E-state index in [1.165, 1.54) is 0 Å². The Morgan fingerprint density at radius 1 is 1.03 bits per heavy atom. The van der Waals surface area contributed by atoms with Gasteiger partial charge in [0.05, 0.1) is 19.8 Å². The van der Waals surface area contributed by atoms with Crippen LogP contribution >= 0.6 is 12.2 Å². The predicted octanol–water partition coefficient (Wildman–Crippen LogP) is 4.59. The molecule has 1 saturated carbocycles. The number of methoxy groups -OCH3 is 2. The minimum Gasteiger partial charge on any atom is -0.493 e. The van der Waals surface area contributed by atoms with Gasteiger partial charge in [0.25, 0.3) is 0 Å². The fourth-order valence-corrected chi connectivity index (χ4v) is 4.96. The molecule has 6 nitrogen and oxygen atoms in total. The van der Waals surface area contributed by atoms with Gasteiger partial charge < -0.3 is 25.0 Å². The maximum Gasteiger partial charge on any atom is 0.227 e. The molecule has 0 unspecified atom stereocenters. The minimum atomic E-state index is -0.244. The normalized spacial score (nSPS) is 17.5. The van der Waals surface area contributed by atoms with E-state index in [1.54, 1.807) is 14.2 Å². The van der Waals surface area contributed by atoms with Gasteiger partial charge in [-0.1, -0.05) is 25.0 Å². The molecule has 2 aliphatic rings. The molecule has 164 valence electrons. The molecule has 1 amide bonds. The molecule has 0 bridgehead atoms. The third kappa shape index (κ3) is 4.46. The molecule has 0 spiro atoms. The zero-order valence-electron chi connectivity index (χ0n) is 18.1. The third-order valence-corrected chi connectivity index (χ3v) is 6.44. The first-order chi connectivity index (χ1) is 15.0. The van der Waals surface area contributed by atoms with Crippen molar-refractivity contribution in [2.75, 3.05) is 31.0 Å². The summed E-state index contributed by atoms with van der Waals surface area (Å²) in [5, 5.41) is 7.48. The minimum absolute atomic E-state index is 0.177. The van der Waals surface area contributed by atoms with Gasteiger partial charge in [-0.05, 0) is 67.4 Å². The summed E-state index contributed by atoms with van der Waals surface area (Å²) in [6, 6.07) is 13.9. The molecule has 0 aromatic heterocycles. The molecular formula is C24H29N3O3S. The van der Waals surface area contributed by atoms with Crippen LogP contribution in [0.2, 0.25) is 0 Å². The molecule has 1 aliphatic carbocycles. The molecule has 31 heavy (non-hydrogen) atoms. The fourth-order valence-electron chi connectivity index (χ4n) is 4.65. The number of hydrogen-bond acceptors (Lipinski definition) is 4. The Labute approximate surface area is 188 Å². The van der Waals surface area contributed by atoms with E-state index in [9.17, 15) is 4.79 Å². The quantitative estimate of drug-likeness (QED) is 0.642. The van der Waals surface area contributed by atoms with E-state index in [0.29, 0.717) is 17.3 Å². The molecule has 2 aromatic rings. The molecule has 1 heterocycles. The first-order valence-corrected chi connectivity index (χ1v) is 11.2. The van der Waals surface area contributed by atoms with E-state index in [1.807, 2.05) is 41.3 Å². The summed E-state index contributed by atoms with van der Waals surface area (Å²) in [5.41, 5.74) is 2.68. The number of carbonyl (C=O) groups excluding carboxylic acids is 1. The summed E-state index contributed by atoms with van der Waals surface area (Å²) in [6.07, 6.45) is 5.78. The summed E-state index contributed by atoms with van der Waals surface area (Å²) >= 11 is 5.70. The van der Waals surface area contributed by atoms with E-state index >= 15 is 0 Å². The first-order valence-electron chi connectivity index (χ1n) is 10.8. The Kier molecular flexibility index (Phi) is 6.32. The van der Waals surface area contributed by atoms with Crippen molar-refractivity contribution in [3.8, 4) is 11.5 Å². The van der Waals surface area contributed by atoms with Crippen molar-refractivity contribution in [1.29, 1.82) is 0 Å². The molecule has 7 heteroatoms. The maximum absolute atomic E-state index is 12.1. The number of carbonyl (C=O) groups is 1. The van der Waals surface area contributed by atoms with Gasteiger partial charge in [0, 0.05) is 24.3 Å². The number of hydrogen-bond donors (Lipinski definition) is 2. The highest BCUT2D eigenvalue weighted by molar-refractivity contribution is 7.80. The van der Waals surface area contributed by atoms with Crippen LogP contribution in [0.3, 0.4) is 0 Å².